The van der Waals surface area contributed by atoms with Crippen LogP contribution in [0.3, 0.4) is 0 Å². The van der Waals surface area contributed by atoms with Gasteiger partial charge in [0.25, 0.3) is 0 Å². The summed E-state index contributed by atoms with van der Waals surface area (Å²) in [7, 11) is 0. The summed E-state index contributed by atoms with van der Waals surface area (Å²) in [6.07, 6.45) is 9.50. The Balaban J connectivity index is 2.49. The van der Waals surface area contributed by atoms with E-state index >= 15 is 0 Å². The number of rotatable bonds is 6. The van der Waals surface area contributed by atoms with E-state index in [1.54, 1.807) is 0 Å². The molecule has 1 amide bonds. The zero-order chi connectivity index (χ0) is 12.0. The molecule has 0 bridgehead atoms. The van der Waals surface area contributed by atoms with E-state index in [4.69, 9.17) is 5.73 Å². The third-order valence-corrected chi connectivity index (χ3v) is 3.79. The number of allylic oxidation sites excluding steroid dienone is 2. The van der Waals surface area contributed by atoms with Gasteiger partial charge in [0, 0.05) is 0 Å². The highest BCUT2D eigenvalue weighted by atomic mass is 16.1. The van der Waals surface area contributed by atoms with Crippen molar-refractivity contribution >= 4 is 5.91 Å². The average molecular weight is 224 g/mol. The maximum atomic E-state index is 11.5. The summed E-state index contributed by atoms with van der Waals surface area (Å²) in [5.41, 5.74) is 4.99. The molecule has 0 aliphatic heterocycles. The molecule has 0 heterocycles. The van der Waals surface area contributed by atoms with Gasteiger partial charge in [-0.25, -0.2) is 0 Å². The number of hydrogen-bond donors (Lipinski definition) is 2. The molecular formula is C13H24N2O. The van der Waals surface area contributed by atoms with Gasteiger partial charge < -0.3 is 11.1 Å². The molecule has 1 atom stereocenters. The Morgan fingerprint density at radius 1 is 1.44 bits per heavy atom. The van der Waals surface area contributed by atoms with Gasteiger partial charge in [0.2, 0.25) is 5.91 Å². The highest BCUT2D eigenvalue weighted by Gasteiger charge is 2.32. The van der Waals surface area contributed by atoms with E-state index in [0.717, 1.165) is 32.2 Å². The molecule has 0 aromatic carbocycles. The highest BCUT2D eigenvalue weighted by Crippen LogP contribution is 2.20. The quantitative estimate of drug-likeness (QED) is 0.678. The predicted molar refractivity (Wildman–Crippen MR) is 67.0 cm³/mol. The van der Waals surface area contributed by atoms with Gasteiger partial charge in [-0.05, 0) is 44.6 Å². The second kappa shape index (κ2) is 6.04. The van der Waals surface area contributed by atoms with Crippen LogP contribution in [0, 0.1) is 5.92 Å². The Morgan fingerprint density at radius 2 is 2.12 bits per heavy atom. The normalized spacial score (nSPS) is 21.0. The molecule has 0 saturated carbocycles. The second-order valence-electron chi connectivity index (χ2n) is 4.68. The van der Waals surface area contributed by atoms with Crippen molar-refractivity contribution in [3.63, 3.8) is 0 Å². The van der Waals surface area contributed by atoms with E-state index in [0.29, 0.717) is 5.92 Å². The van der Waals surface area contributed by atoms with E-state index in [1.807, 2.05) is 13.8 Å². The van der Waals surface area contributed by atoms with Crippen LogP contribution in [0.4, 0.5) is 0 Å². The number of carbonyl (C=O) groups excluding carboxylic acids is 1. The Labute approximate surface area is 98.5 Å². The number of hydrogen-bond acceptors (Lipinski definition) is 2. The van der Waals surface area contributed by atoms with Crippen molar-refractivity contribution in [3.05, 3.63) is 12.2 Å². The maximum Gasteiger partial charge on any atom is 0.237 e. The van der Waals surface area contributed by atoms with Crippen LogP contribution in [0.15, 0.2) is 12.2 Å². The summed E-state index contributed by atoms with van der Waals surface area (Å²) in [5.74, 6) is 0.436. The van der Waals surface area contributed by atoms with Crippen LogP contribution in [-0.4, -0.2) is 18.0 Å². The van der Waals surface area contributed by atoms with Crippen LogP contribution in [0.25, 0.3) is 0 Å². The first-order chi connectivity index (χ1) is 7.64. The predicted octanol–water partition coefficient (Wildman–Crippen LogP) is 1.98. The number of carbonyl (C=O) groups is 1. The molecule has 0 aromatic heterocycles. The van der Waals surface area contributed by atoms with Gasteiger partial charge in [0.1, 0.15) is 0 Å². The molecule has 0 spiro atoms. The molecule has 0 radical (unpaired) electrons. The molecule has 0 aromatic rings. The van der Waals surface area contributed by atoms with Crippen LogP contribution >= 0.6 is 0 Å². The number of amides is 1. The van der Waals surface area contributed by atoms with Gasteiger partial charge in [0.15, 0.2) is 0 Å². The Hall–Kier alpha value is -0.830. The summed E-state index contributed by atoms with van der Waals surface area (Å²) in [5, 5.41) is 3.39. The smallest absolute Gasteiger partial charge is 0.237 e. The van der Waals surface area contributed by atoms with Gasteiger partial charge in [-0.15, -0.1) is 0 Å². The van der Waals surface area contributed by atoms with E-state index in [9.17, 15) is 4.79 Å². The molecule has 92 valence electrons. The summed E-state index contributed by atoms with van der Waals surface area (Å²) in [6.45, 7) is 4.93. The molecule has 1 rings (SSSR count). The molecule has 3 heteroatoms. The fraction of sp³-hybridized carbons (Fsp3) is 0.769. The van der Waals surface area contributed by atoms with Crippen LogP contribution < -0.4 is 11.1 Å². The third-order valence-electron chi connectivity index (χ3n) is 3.79. The van der Waals surface area contributed by atoms with E-state index in [1.165, 1.54) is 6.42 Å². The fourth-order valence-electron chi connectivity index (χ4n) is 2.32. The zero-order valence-corrected chi connectivity index (χ0v) is 10.5. The first-order valence-electron chi connectivity index (χ1n) is 6.34. The summed E-state index contributed by atoms with van der Waals surface area (Å²) in [4.78, 5) is 11.5. The van der Waals surface area contributed by atoms with Crippen molar-refractivity contribution in [2.75, 3.05) is 6.54 Å². The average Bonchev–Trinajstić information content (AvgIpc) is 2.32. The SMILES string of the molecule is CCC(CC)(NCC1CC=CCC1)C(N)=O. The molecule has 1 unspecified atom stereocenters. The summed E-state index contributed by atoms with van der Waals surface area (Å²) < 4.78 is 0. The molecule has 16 heavy (non-hydrogen) atoms. The van der Waals surface area contributed by atoms with Crippen molar-refractivity contribution in [3.8, 4) is 0 Å². The first-order valence-corrected chi connectivity index (χ1v) is 6.34. The van der Waals surface area contributed by atoms with Gasteiger partial charge in [-0.1, -0.05) is 26.0 Å². The van der Waals surface area contributed by atoms with Crippen molar-refractivity contribution in [1.29, 1.82) is 0 Å². The number of nitrogens with one attached hydrogen (secondary N) is 1. The highest BCUT2D eigenvalue weighted by molar-refractivity contribution is 5.84. The summed E-state index contributed by atoms with van der Waals surface area (Å²) in [6, 6.07) is 0. The first kappa shape index (κ1) is 13.2. The third kappa shape index (κ3) is 3.08. The minimum absolute atomic E-state index is 0.219. The van der Waals surface area contributed by atoms with Gasteiger partial charge >= 0.3 is 0 Å². The Kier molecular flexibility index (Phi) is 5.00. The lowest BCUT2D eigenvalue weighted by atomic mass is 9.89. The fourth-order valence-corrected chi connectivity index (χ4v) is 2.32. The van der Waals surface area contributed by atoms with E-state index in [2.05, 4.69) is 17.5 Å². The second-order valence-corrected chi connectivity index (χ2v) is 4.68. The van der Waals surface area contributed by atoms with Gasteiger partial charge in [-0.2, -0.15) is 0 Å². The van der Waals surface area contributed by atoms with Crippen LogP contribution in [0.2, 0.25) is 0 Å². The van der Waals surface area contributed by atoms with Crippen molar-refractivity contribution < 1.29 is 4.79 Å². The van der Waals surface area contributed by atoms with Crippen molar-refractivity contribution in [2.45, 2.75) is 51.5 Å². The lowest BCUT2D eigenvalue weighted by Crippen LogP contribution is -2.55. The minimum atomic E-state index is -0.499. The standard InChI is InChI=1S/C13H24N2O/c1-3-13(4-2,12(14)16)15-10-11-8-6-5-7-9-11/h5-6,11,15H,3-4,7-10H2,1-2H3,(H2,14,16). The minimum Gasteiger partial charge on any atom is -0.368 e. The lowest BCUT2D eigenvalue weighted by Gasteiger charge is -2.32. The van der Waals surface area contributed by atoms with Gasteiger partial charge in [-0.3, -0.25) is 4.79 Å². The van der Waals surface area contributed by atoms with Crippen molar-refractivity contribution in [2.24, 2.45) is 11.7 Å². The lowest BCUT2D eigenvalue weighted by molar-refractivity contribution is -0.124. The largest absolute Gasteiger partial charge is 0.368 e. The van der Waals surface area contributed by atoms with E-state index < -0.39 is 5.54 Å². The molecular weight excluding hydrogens is 200 g/mol. The number of primary amides is 1. The Bertz CT molecular complexity index is 257. The topological polar surface area (TPSA) is 55.1 Å². The molecule has 3 N–H and O–H groups in total. The van der Waals surface area contributed by atoms with E-state index in [-0.39, 0.29) is 5.91 Å². The van der Waals surface area contributed by atoms with Crippen LogP contribution in [0.1, 0.15) is 46.0 Å². The van der Waals surface area contributed by atoms with Crippen LogP contribution in [-0.2, 0) is 4.79 Å². The van der Waals surface area contributed by atoms with Crippen LogP contribution in [0.5, 0.6) is 0 Å². The molecule has 0 fully saturated rings. The summed E-state index contributed by atoms with van der Waals surface area (Å²) >= 11 is 0. The molecule has 0 saturated heterocycles. The van der Waals surface area contributed by atoms with Crippen molar-refractivity contribution in [1.82, 2.24) is 5.32 Å². The number of nitrogens with two attached hydrogens (primary N) is 1. The zero-order valence-electron chi connectivity index (χ0n) is 10.5. The molecule has 3 nitrogen and oxygen atoms in total. The van der Waals surface area contributed by atoms with Gasteiger partial charge in [0.05, 0.1) is 5.54 Å². The molecule has 1 aliphatic rings. The Morgan fingerprint density at radius 3 is 2.56 bits per heavy atom. The monoisotopic (exact) mass is 224 g/mol. The maximum absolute atomic E-state index is 11.5. The molecule has 1 aliphatic carbocycles.